The molecule has 0 saturated carbocycles. The number of nitrogens with zero attached hydrogens (tertiary/aromatic N) is 1. The van der Waals surface area contributed by atoms with Gasteiger partial charge >= 0.3 is 0 Å². The quantitative estimate of drug-likeness (QED) is 0.877. The zero-order chi connectivity index (χ0) is 12.1. The second kappa shape index (κ2) is 5.98. The SMILES string of the molecule is CC(C)C(C#N)CNc1cc(Cl)ccc1Cl. The zero-order valence-corrected chi connectivity index (χ0v) is 10.8. The van der Waals surface area contributed by atoms with Gasteiger partial charge in [0.05, 0.1) is 22.7 Å². The van der Waals surface area contributed by atoms with Crippen LogP contribution in [0.15, 0.2) is 18.2 Å². The van der Waals surface area contributed by atoms with Crippen molar-refractivity contribution < 1.29 is 0 Å². The Balaban J connectivity index is 2.67. The van der Waals surface area contributed by atoms with E-state index in [1.165, 1.54) is 0 Å². The van der Waals surface area contributed by atoms with Gasteiger partial charge in [-0.05, 0) is 24.1 Å². The Labute approximate surface area is 106 Å². The molecule has 0 heterocycles. The summed E-state index contributed by atoms with van der Waals surface area (Å²) in [6.07, 6.45) is 0. The maximum Gasteiger partial charge on any atom is 0.0677 e. The fourth-order valence-corrected chi connectivity index (χ4v) is 1.64. The topological polar surface area (TPSA) is 35.8 Å². The lowest BCUT2D eigenvalue weighted by Crippen LogP contribution is -2.17. The molecule has 0 spiro atoms. The van der Waals surface area contributed by atoms with Gasteiger partial charge in [0, 0.05) is 11.6 Å². The minimum absolute atomic E-state index is 0.0324. The lowest BCUT2D eigenvalue weighted by molar-refractivity contribution is 0.496. The molecule has 0 fully saturated rings. The number of nitriles is 1. The van der Waals surface area contributed by atoms with Gasteiger partial charge < -0.3 is 5.32 Å². The molecule has 1 aromatic carbocycles. The number of halogens is 2. The number of benzene rings is 1. The van der Waals surface area contributed by atoms with E-state index in [4.69, 9.17) is 28.5 Å². The van der Waals surface area contributed by atoms with Crippen LogP contribution < -0.4 is 5.32 Å². The monoisotopic (exact) mass is 256 g/mol. The number of rotatable bonds is 4. The maximum absolute atomic E-state index is 8.95. The highest BCUT2D eigenvalue weighted by Gasteiger charge is 2.12. The summed E-state index contributed by atoms with van der Waals surface area (Å²) in [5, 5.41) is 13.3. The molecule has 0 aliphatic carbocycles. The van der Waals surface area contributed by atoms with Crippen molar-refractivity contribution in [1.82, 2.24) is 0 Å². The van der Waals surface area contributed by atoms with Crippen LogP contribution in [0.5, 0.6) is 0 Å². The van der Waals surface area contributed by atoms with Gasteiger partial charge in [0.2, 0.25) is 0 Å². The first-order valence-electron chi connectivity index (χ1n) is 5.13. The maximum atomic E-state index is 8.95. The number of hydrogen-bond donors (Lipinski definition) is 1. The van der Waals surface area contributed by atoms with Crippen LogP contribution in [0.25, 0.3) is 0 Å². The van der Waals surface area contributed by atoms with Gasteiger partial charge in [-0.2, -0.15) is 5.26 Å². The lowest BCUT2D eigenvalue weighted by atomic mass is 9.97. The number of hydrogen-bond acceptors (Lipinski definition) is 2. The molecule has 4 heteroatoms. The molecular formula is C12H14Cl2N2. The molecule has 0 bridgehead atoms. The highest BCUT2D eigenvalue weighted by molar-refractivity contribution is 6.35. The highest BCUT2D eigenvalue weighted by atomic mass is 35.5. The molecule has 86 valence electrons. The summed E-state index contributed by atoms with van der Waals surface area (Å²) < 4.78 is 0. The van der Waals surface area contributed by atoms with E-state index in [0.29, 0.717) is 22.5 Å². The molecule has 1 N–H and O–H groups in total. The Morgan fingerprint density at radius 2 is 2.06 bits per heavy atom. The summed E-state index contributed by atoms with van der Waals surface area (Å²) in [5.74, 6) is 0.283. The molecular weight excluding hydrogens is 243 g/mol. The van der Waals surface area contributed by atoms with Crippen LogP contribution in [-0.4, -0.2) is 6.54 Å². The molecule has 0 saturated heterocycles. The van der Waals surface area contributed by atoms with Crippen LogP contribution in [0.4, 0.5) is 5.69 Å². The Bertz CT molecular complexity index is 396. The lowest BCUT2D eigenvalue weighted by Gasteiger charge is -2.15. The third-order valence-corrected chi connectivity index (χ3v) is 2.98. The van der Waals surface area contributed by atoms with E-state index >= 15 is 0 Å². The standard InChI is InChI=1S/C12H14Cl2N2/c1-8(2)9(6-15)7-16-12-5-10(13)3-4-11(12)14/h3-5,8-9,16H,7H2,1-2H3. The molecule has 1 unspecified atom stereocenters. The molecule has 1 aromatic rings. The predicted molar refractivity (Wildman–Crippen MR) is 68.9 cm³/mol. The van der Waals surface area contributed by atoms with E-state index in [9.17, 15) is 0 Å². The Morgan fingerprint density at radius 1 is 1.38 bits per heavy atom. The minimum Gasteiger partial charge on any atom is -0.382 e. The van der Waals surface area contributed by atoms with Crippen molar-refractivity contribution in [1.29, 1.82) is 5.26 Å². The summed E-state index contributed by atoms with van der Waals surface area (Å²) >= 11 is 11.9. The Kier molecular flexibility index (Phi) is 4.92. The number of anilines is 1. The van der Waals surface area contributed by atoms with Gasteiger partial charge in [0.1, 0.15) is 0 Å². The van der Waals surface area contributed by atoms with Gasteiger partial charge in [0.25, 0.3) is 0 Å². The molecule has 0 amide bonds. The fraction of sp³-hybridized carbons (Fsp3) is 0.417. The van der Waals surface area contributed by atoms with Crippen LogP contribution in [0.2, 0.25) is 10.0 Å². The molecule has 0 radical (unpaired) electrons. The Hall–Kier alpha value is -0.910. The second-order valence-electron chi connectivity index (χ2n) is 3.98. The summed E-state index contributed by atoms with van der Waals surface area (Å²) in [7, 11) is 0. The first-order valence-corrected chi connectivity index (χ1v) is 5.88. The number of nitrogens with one attached hydrogen (secondary N) is 1. The van der Waals surface area contributed by atoms with Gasteiger partial charge in [-0.1, -0.05) is 37.0 Å². The van der Waals surface area contributed by atoms with Crippen molar-refractivity contribution in [3.63, 3.8) is 0 Å². The van der Waals surface area contributed by atoms with Crippen LogP contribution in [0.1, 0.15) is 13.8 Å². The summed E-state index contributed by atoms with van der Waals surface area (Å²) in [6, 6.07) is 7.50. The molecule has 0 aromatic heterocycles. The van der Waals surface area contributed by atoms with Crippen molar-refractivity contribution in [2.45, 2.75) is 13.8 Å². The average Bonchev–Trinajstić information content (AvgIpc) is 2.23. The summed E-state index contributed by atoms with van der Waals surface area (Å²) in [5.41, 5.74) is 0.773. The first-order chi connectivity index (χ1) is 7.54. The van der Waals surface area contributed by atoms with E-state index in [2.05, 4.69) is 11.4 Å². The van der Waals surface area contributed by atoms with Crippen molar-refractivity contribution >= 4 is 28.9 Å². The van der Waals surface area contributed by atoms with Gasteiger partial charge in [-0.15, -0.1) is 0 Å². The van der Waals surface area contributed by atoms with Crippen LogP contribution in [0.3, 0.4) is 0 Å². The predicted octanol–water partition coefficient (Wildman–Crippen LogP) is 4.20. The molecule has 16 heavy (non-hydrogen) atoms. The highest BCUT2D eigenvalue weighted by Crippen LogP contribution is 2.25. The van der Waals surface area contributed by atoms with Crippen LogP contribution in [-0.2, 0) is 0 Å². The molecule has 0 aliphatic heterocycles. The Morgan fingerprint density at radius 3 is 2.62 bits per heavy atom. The third kappa shape index (κ3) is 3.59. The smallest absolute Gasteiger partial charge is 0.0677 e. The van der Waals surface area contributed by atoms with E-state index in [1.807, 2.05) is 13.8 Å². The zero-order valence-electron chi connectivity index (χ0n) is 9.30. The van der Waals surface area contributed by atoms with Gasteiger partial charge in [-0.3, -0.25) is 0 Å². The molecule has 2 nitrogen and oxygen atoms in total. The minimum atomic E-state index is -0.0324. The summed E-state index contributed by atoms with van der Waals surface area (Å²) in [6.45, 7) is 4.62. The second-order valence-corrected chi connectivity index (χ2v) is 4.83. The van der Waals surface area contributed by atoms with Crippen molar-refractivity contribution in [3.05, 3.63) is 28.2 Å². The molecule has 0 aliphatic rings. The van der Waals surface area contributed by atoms with E-state index in [0.717, 1.165) is 5.69 Å². The average molecular weight is 257 g/mol. The largest absolute Gasteiger partial charge is 0.382 e. The fourth-order valence-electron chi connectivity index (χ4n) is 1.28. The van der Waals surface area contributed by atoms with Crippen molar-refractivity contribution in [2.24, 2.45) is 11.8 Å². The third-order valence-electron chi connectivity index (χ3n) is 2.41. The van der Waals surface area contributed by atoms with E-state index < -0.39 is 0 Å². The van der Waals surface area contributed by atoms with Crippen LogP contribution in [0, 0.1) is 23.2 Å². The normalized spacial score (nSPS) is 12.2. The summed E-state index contributed by atoms with van der Waals surface area (Å²) in [4.78, 5) is 0. The first kappa shape index (κ1) is 13.2. The molecule has 1 atom stereocenters. The van der Waals surface area contributed by atoms with Crippen molar-refractivity contribution in [3.8, 4) is 6.07 Å². The van der Waals surface area contributed by atoms with Crippen molar-refractivity contribution in [2.75, 3.05) is 11.9 Å². The van der Waals surface area contributed by atoms with E-state index in [-0.39, 0.29) is 5.92 Å². The molecule has 1 rings (SSSR count). The van der Waals surface area contributed by atoms with Gasteiger partial charge in [-0.25, -0.2) is 0 Å². The van der Waals surface area contributed by atoms with Crippen LogP contribution >= 0.6 is 23.2 Å². The van der Waals surface area contributed by atoms with Gasteiger partial charge in [0.15, 0.2) is 0 Å². The van der Waals surface area contributed by atoms with E-state index in [1.54, 1.807) is 18.2 Å².